The van der Waals surface area contributed by atoms with Crippen LogP contribution in [-0.4, -0.2) is 49.7 Å². The zero-order chi connectivity index (χ0) is 23.7. The van der Waals surface area contributed by atoms with Crippen LogP contribution in [0, 0.1) is 6.92 Å². The van der Waals surface area contributed by atoms with Gasteiger partial charge >= 0.3 is 0 Å². The Kier molecular flexibility index (Phi) is 5.95. The van der Waals surface area contributed by atoms with E-state index < -0.39 is 0 Å². The van der Waals surface area contributed by atoms with Gasteiger partial charge in [-0.05, 0) is 43.5 Å². The molecule has 2 unspecified atom stereocenters. The van der Waals surface area contributed by atoms with E-state index in [0.29, 0.717) is 29.5 Å². The van der Waals surface area contributed by atoms with Crippen LogP contribution in [0.2, 0.25) is 0 Å². The average Bonchev–Trinajstić information content (AvgIpc) is 3.26. The molecule has 9 heteroatoms. The van der Waals surface area contributed by atoms with Crippen LogP contribution in [0.15, 0.2) is 55.0 Å². The molecule has 1 fully saturated rings. The first-order chi connectivity index (χ1) is 16.5. The van der Waals surface area contributed by atoms with Gasteiger partial charge in [-0.1, -0.05) is 18.2 Å². The number of fused-ring (bicyclic) bond motifs is 1. The molecular weight excluding hydrogens is 432 g/mol. The number of nitrogens with zero attached hydrogens (tertiary/aromatic N) is 4. The van der Waals surface area contributed by atoms with E-state index in [9.17, 15) is 9.90 Å². The first kappa shape index (κ1) is 22.0. The summed E-state index contributed by atoms with van der Waals surface area (Å²) in [6, 6.07) is 10.9. The van der Waals surface area contributed by atoms with E-state index in [0.717, 1.165) is 35.3 Å². The van der Waals surface area contributed by atoms with Gasteiger partial charge in [0.1, 0.15) is 28.7 Å². The molecule has 1 aromatic carbocycles. The van der Waals surface area contributed by atoms with E-state index in [1.54, 1.807) is 30.6 Å². The standard InChI is InChI=1S/C25H26N6O3/c1-15-2-9-20(28-12-15)29-25(33)17-5-3-16(4-6-17)21-22-23(26)27-10-11-31(22)24(30-21)18-7-8-19(13-32)34-14-18/h2-6,9-12,18-19,32H,7-8,13-14H2,1H3,(H2,26,27)(H,28,29,33). The highest BCUT2D eigenvalue weighted by Crippen LogP contribution is 2.34. The van der Waals surface area contributed by atoms with Crippen LogP contribution >= 0.6 is 0 Å². The van der Waals surface area contributed by atoms with Gasteiger partial charge in [0.25, 0.3) is 5.91 Å². The van der Waals surface area contributed by atoms with E-state index in [2.05, 4.69) is 15.3 Å². The summed E-state index contributed by atoms with van der Waals surface area (Å²) >= 11 is 0. The summed E-state index contributed by atoms with van der Waals surface area (Å²) in [5.41, 5.74) is 10.0. The number of anilines is 2. The summed E-state index contributed by atoms with van der Waals surface area (Å²) in [7, 11) is 0. The van der Waals surface area contributed by atoms with Crippen LogP contribution in [0.1, 0.15) is 40.5 Å². The number of pyridine rings is 1. The zero-order valence-corrected chi connectivity index (χ0v) is 18.8. The number of hydrogen-bond acceptors (Lipinski definition) is 7. The Morgan fingerprint density at radius 1 is 1.21 bits per heavy atom. The number of carbonyl (C=O) groups is 1. The van der Waals surface area contributed by atoms with Gasteiger partial charge in [0.2, 0.25) is 0 Å². The van der Waals surface area contributed by atoms with Crippen LogP contribution < -0.4 is 11.1 Å². The van der Waals surface area contributed by atoms with Crippen LogP contribution in [-0.2, 0) is 4.74 Å². The number of rotatable bonds is 5. The number of aliphatic hydroxyl groups is 1. The Morgan fingerprint density at radius 3 is 2.71 bits per heavy atom. The maximum absolute atomic E-state index is 12.6. The molecule has 1 aliphatic heterocycles. The normalized spacial score (nSPS) is 18.2. The number of ether oxygens (including phenoxy) is 1. The highest BCUT2D eigenvalue weighted by atomic mass is 16.5. The molecule has 1 amide bonds. The molecule has 4 heterocycles. The third-order valence-electron chi connectivity index (χ3n) is 6.12. The molecule has 9 nitrogen and oxygen atoms in total. The Labute approximate surface area is 196 Å². The number of nitrogen functional groups attached to an aromatic ring is 1. The monoisotopic (exact) mass is 458 g/mol. The van der Waals surface area contributed by atoms with Crippen molar-refractivity contribution in [1.29, 1.82) is 0 Å². The highest BCUT2D eigenvalue weighted by molar-refractivity contribution is 6.04. The lowest BCUT2D eigenvalue weighted by molar-refractivity contribution is -0.0282. The number of nitrogens with one attached hydrogen (secondary N) is 1. The molecule has 0 aliphatic carbocycles. The fraction of sp³-hybridized carbons (Fsp3) is 0.280. The fourth-order valence-electron chi connectivity index (χ4n) is 4.24. The first-order valence-corrected chi connectivity index (χ1v) is 11.2. The summed E-state index contributed by atoms with van der Waals surface area (Å²) in [6.07, 6.45) is 6.72. The van der Waals surface area contributed by atoms with Crippen molar-refractivity contribution in [3.05, 3.63) is 71.9 Å². The van der Waals surface area contributed by atoms with Crippen molar-refractivity contribution in [2.75, 3.05) is 24.3 Å². The second-order valence-electron chi connectivity index (χ2n) is 8.51. The molecule has 1 aliphatic rings. The summed E-state index contributed by atoms with van der Waals surface area (Å²) in [6.45, 7) is 2.45. The minimum Gasteiger partial charge on any atom is -0.394 e. The van der Waals surface area contributed by atoms with Crippen LogP contribution in [0.3, 0.4) is 0 Å². The number of aromatic nitrogens is 4. The molecule has 0 radical (unpaired) electrons. The number of aryl methyl sites for hydroxylation is 1. The summed E-state index contributed by atoms with van der Waals surface area (Å²) in [4.78, 5) is 26.1. The average molecular weight is 459 g/mol. The molecule has 2 atom stereocenters. The summed E-state index contributed by atoms with van der Waals surface area (Å²) in [5.74, 6) is 1.58. The summed E-state index contributed by atoms with van der Waals surface area (Å²) < 4.78 is 7.75. The lowest BCUT2D eigenvalue weighted by Gasteiger charge is -2.27. The maximum atomic E-state index is 12.6. The van der Waals surface area contributed by atoms with Crippen molar-refractivity contribution >= 4 is 23.1 Å². The van der Waals surface area contributed by atoms with E-state index in [1.807, 2.05) is 35.7 Å². The van der Waals surface area contributed by atoms with E-state index >= 15 is 0 Å². The molecule has 34 heavy (non-hydrogen) atoms. The number of benzene rings is 1. The third-order valence-corrected chi connectivity index (χ3v) is 6.12. The number of imidazole rings is 1. The number of aliphatic hydroxyl groups excluding tert-OH is 1. The second-order valence-corrected chi connectivity index (χ2v) is 8.51. The highest BCUT2D eigenvalue weighted by Gasteiger charge is 2.27. The molecule has 0 bridgehead atoms. The van der Waals surface area contributed by atoms with Gasteiger partial charge in [0.15, 0.2) is 0 Å². The number of hydrogen-bond donors (Lipinski definition) is 3. The van der Waals surface area contributed by atoms with Gasteiger partial charge in [0.05, 0.1) is 19.3 Å². The van der Waals surface area contributed by atoms with Gasteiger partial charge in [-0.3, -0.25) is 9.20 Å². The van der Waals surface area contributed by atoms with Crippen molar-refractivity contribution in [1.82, 2.24) is 19.4 Å². The molecule has 0 saturated carbocycles. The number of carbonyl (C=O) groups excluding carboxylic acids is 1. The Balaban J connectivity index is 1.44. The smallest absolute Gasteiger partial charge is 0.256 e. The van der Waals surface area contributed by atoms with Gasteiger partial charge in [-0.2, -0.15) is 0 Å². The maximum Gasteiger partial charge on any atom is 0.256 e. The lowest BCUT2D eigenvalue weighted by Crippen LogP contribution is -2.28. The minimum absolute atomic E-state index is 0.0249. The van der Waals surface area contributed by atoms with E-state index in [1.165, 1.54) is 0 Å². The predicted molar refractivity (Wildman–Crippen MR) is 129 cm³/mol. The van der Waals surface area contributed by atoms with Crippen LogP contribution in [0.5, 0.6) is 0 Å². The predicted octanol–water partition coefficient (Wildman–Crippen LogP) is 3.19. The Hall–Kier alpha value is -3.82. The third kappa shape index (κ3) is 4.23. The topological polar surface area (TPSA) is 128 Å². The van der Waals surface area contributed by atoms with Gasteiger partial charge in [-0.25, -0.2) is 15.0 Å². The largest absolute Gasteiger partial charge is 0.394 e. The van der Waals surface area contributed by atoms with Crippen molar-refractivity contribution < 1.29 is 14.6 Å². The minimum atomic E-state index is -0.239. The first-order valence-electron chi connectivity index (χ1n) is 11.2. The quantitative estimate of drug-likeness (QED) is 0.419. The second kappa shape index (κ2) is 9.20. The van der Waals surface area contributed by atoms with E-state index in [-0.39, 0.29) is 24.5 Å². The van der Waals surface area contributed by atoms with Crippen LogP contribution in [0.25, 0.3) is 16.8 Å². The van der Waals surface area contributed by atoms with Crippen molar-refractivity contribution in [3.63, 3.8) is 0 Å². The zero-order valence-electron chi connectivity index (χ0n) is 18.8. The molecular formula is C25H26N6O3. The molecule has 174 valence electrons. The van der Waals surface area contributed by atoms with Gasteiger partial charge in [-0.15, -0.1) is 0 Å². The Bertz CT molecular complexity index is 1310. The fourth-order valence-corrected chi connectivity index (χ4v) is 4.24. The van der Waals surface area contributed by atoms with Crippen molar-refractivity contribution in [2.24, 2.45) is 0 Å². The lowest BCUT2D eigenvalue weighted by atomic mass is 9.98. The Morgan fingerprint density at radius 2 is 2.03 bits per heavy atom. The number of nitrogens with two attached hydrogens (primary N) is 1. The van der Waals surface area contributed by atoms with Gasteiger partial charge in [0, 0.05) is 35.6 Å². The molecule has 3 aromatic heterocycles. The van der Waals surface area contributed by atoms with E-state index in [4.69, 9.17) is 15.5 Å². The molecule has 4 aromatic rings. The van der Waals surface area contributed by atoms with Crippen molar-refractivity contribution in [2.45, 2.75) is 31.8 Å². The SMILES string of the molecule is Cc1ccc(NC(=O)c2ccc(-c3nc(C4CCC(CO)OC4)n4ccnc(N)c34)cc2)nc1. The molecule has 4 N–H and O–H groups in total. The van der Waals surface area contributed by atoms with Gasteiger partial charge < -0.3 is 20.9 Å². The van der Waals surface area contributed by atoms with Crippen molar-refractivity contribution in [3.8, 4) is 11.3 Å². The number of amides is 1. The van der Waals surface area contributed by atoms with Crippen LogP contribution in [0.4, 0.5) is 11.6 Å². The molecule has 0 spiro atoms. The summed E-state index contributed by atoms with van der Waals surface area (Å²) in [5, 5.41) is 12.2. The molecule has 5 rings (SSSR count). The molecule has 1 saturated heterocycles.